The molecule has 7 heteroatoms. The van der Waals surface area contributed by atoms with Crippen molar-refractivity contribution in [2.45, 2.75) is 0 Å². The smallest absolute Gasteiger partial charge is 0.322 e. The lowest BCUT2D eigenvalue weighted by Gasteiger charge is -2.08. The third-order valence-electron chi connectivity index (χ3n) is 3.99. The van der Waals surface area contributed by atoms with Gasteiger partial charge in [0.05, 0.1) is 16.6 Å². The predicted molar refractivity (Wildman–Crippen MR) is 114 cm³/mol. The van der Waals surface area contributed by atoms with E-state index in [9.17, 15) is 9.59 Å². The summed E-state index contributed by atoms with van der Waals surface area (Å²) in [5, 5.41) is 4.86. The Bertz CT molecular complexity index is 1190. The van der Waals surface area contributed by atoms with Crippen molar-refractivity contribution in [2.24, 2.45) is 0 Å². The molecular weight excluding hydrogens is 426 g/mol. The number of amides is 1. The number of nitrogens with one attached hydrogen (secondary N) is 3. The van der Waals surface area contributed by atoms with Crippen LogP contribution in [0.3, 0.4) is 0 Å². The summed E-state index contributed by atoms with van der Waals surface area (Å²) in [4.78, 5) is 30.6. The molecule has 0 aliphatic rings. The predicted octanol–water partition coefficient (Wildman–Crippen LogP) is 4.86. The third kappa shape index (κ3) is 3.94. The molecule has 134 valence electrons. The van der Waals surface area contributed by atoms with Gasteiger partial charge in [0.1, 0.15) is 0 Å². The van der Waals surface area contributed by atoms with Crippen molar-refractivity contribution in [1.82, 2.24) is 9.97 Å². The molecule has 3 N–H and O–H groups in total. The fourth-order valence-electron chi connectivity index (χ4n) is 2.71. The van der Waals surface area contributed by atoms with Crippen LogP contribution in [0.1, 0.15) is 10.4 Å². The Kier molecular flexibility index (Phi) is 4.79. The molecule has 0 unspecified atom stereocenters. The first-order chi connectivity index (χ1) is 13.1. The summed E-state index contributed by atoms with van der Waals surface area (Å²) in [7, 11) is 0. The minimum atomic E-state index is -0.275. The number of fused-ring (bicyclic) bond motifs is 1. The topological polar surface area (TPSA) is 77.8 Å². The molecule has 2 aromatic heterocycles. The van der Waals surface area contributed by atoms with E-state index < -0.39 is 0 Å². The number of hydrogen-bond donors (Lipinski definition) is 3. The molecular formula is C20H14BrN3O2S. The van der Waals surface area contributed by atoms with Crippen LogP contribution < -0.4 is 11.0 Å². The van der Waals surface area contributed by atoms with Crippen molar-refractivity contribution in [2.75, 3.05) is 5.32 Å². The van der Waals surface area contributed by atoms with Crippen LogP contribution in [0.4, 0.5) is 5.69 Å². The average molecular weight is 440 g/mol. The third-order valence-corrected chi connectivity index (χ3v) is 5.42. The zero-order valence-electron chi connectivity index (χ0n) is 14.0. The summed E-state index contributed by atoms with van der Waals surface area (Å²) in [5.74, 6) is -0.211. The lowest BCUT2D eigenvalue weighted by atomic mass is 10.1. The normalized spacial score (nSPS) is 11.7. The highest BCUT2D eigenvalue weighted by atomic mass is 79.9. The van der Waals surface area contributed by atoms with Crippen LogP contribution in [0.5, 0.6) is 0 Å². The molecule has 0 saturated carbocycles. The molecule has 1 amide bonds. The molecule has 0 aliphatic heterocycles. The van der Waals surface area contributed by atoms with E-state index in [1.165, 1.54) is 11.3 Å². The number of thiophene rings is 1. The Morgan fingerprint density at radius 3 is 2.56 bits per heavy atom. The number of carbonyl (C=O) groups excluding carboxylic acids is 1. The van der Waals surface area contributed by atoms with Gasteiger partial charge in [0.2, 0.25) is 0 Å². The number of carbonyl (C=O) groups is 1. The number of imidazole rings is 1. The van der Waals surface area contributed by atoms with Crippen molar-refractivity contribution in [3.63, 3.8) is 0 Å². The van der Waals surface area contributed by atoms with E-state index in [-0.39, 0.29) is 11.6 Å². The molecule has 0 aliphatic carbocycles. The minimum absolute atomic E-state index is 0.211. The fraction of sp³-hybridized carbons (Fsp3) is 0. The van der Waals surface area contributed by atoms with Gasteiger partial charge in [-0.25, -0.2) is 4.79 Å². The molecule has 2 aromatic carbocycles. The van der Waals surface area contributed by atoms with Gasteiger partial charge in [-0.05, 0) is 53.4 Å². The molecule has 27 heavy (non-hydrogen) atoms. The van der Waals surface area contributed by atoms with E-state index in [2.05, 4.69) is 31.2 Å². The van der Waals surface area contributed by atoms with Crippen LogP contribution in [0, 0.1) is 0 Å². The summed E-state index contributed by atoms with van der Waals surface area (Å²) < 4.78 is 0.982. The fourth-order valence-corrected chi connectivity index (χ4v) is 3.72. The lowest BCUT2D eigenvalue weighted by molar-refractivity contribution is -0.111. The van der Waals surface area contributed by atoms with Crippen molar-refractivity contribution >= 4 is 61.5 Å². The van der Waals surface area contributed by atoms with E-state index in [1.54, 1.807) is 18.2 Å². The number of anilines is 1. The van der Waals surface area contributed by atoms with Crippen LogP contribution in [-0.4, -0.2) is 15.9 Å². The van der Waals surface area contributed by atoms with Gasteiger partial charge in [0.25, 0.3) is 5.91 Å². The number of aromatic nitrogens is 2. The van der Waals surface area contributed by atoms with E-state index in [0.29, 0.717) is 22.3 Å². The number of H-pyrrole nitrogens is 2. The summed E-state index contributed by atoms with van der Waals surface area (Å²) in [6, 6.07) is 16.8. The molecule has 0 spiro atoms. The van der Waals surface area contributed by atoms with Gasteiger partial charge in [0.15, 0.2) is 0 Å². The minimum Gasteiger partial charge on any atom is -0.322 e. The maximum absolute atomic E-state index is 13.0. The van der Waals surface area contributed by atoms with Crippen LogP contribution >= 0.6 is 27.3 Å². The molecule has 0 fully saturated rings. The van der Waals surface area contributed by atoms with Gasteiger partial charge in [-0.2, -0.15) is 0 Å². The van der Waals surface area contributed by atoms with Gasteiger partial charge < -0.3 is 15.3 Å². The van der Waals surface area contributed by atoms with E-state index >= 15 is 0 Å². The number of aromatic amines is 2. The second-order valence-corrected chi connectivity index (χ2v) is 7.74. The Hall–Kier alpha value is -2.90. The van der Waals surface area contributed by atoms with Gasteiger partial charge in [0, 0.05) is 15.0 Å². The summed E-state index contributed by atoms with van der Waals surface area (Å²) in [5.41, 5.74) is 3.19. The molecule has 4 rings (SSSR count). The van der Waals surface area contributed by atoms with Crippen molar-refractivity contribution in [3.8, 4) is 0 Å². The second kappa shape index (κ2) is 7.38. The molecule has 5 nitrogen and oxygen atoms in total. The molecule has 0 atom stereocenters. The summed E-state index contributed by atoms with van der Waals surface area (Å²) in [6.07, 6.45) is 1.87. The van der Waals surface area contributed by atoms with Crippen molar-refractivity contribution in [3.05, 3.63) is 85.4 Å². The first-order valence-corrected chi connectivity index (χ1v) is 9.80. The Labute approximate surface area is 166 Å². The number of hydrogen-bond acceptors (Lipinski definition) is 3. The van der Waals surface area contributed by atoms with E-state index in [4.69, 9.17) is 0 Å². The van der Waals surface area contributed by atoms with Gasteiger partial charge >= 0.3 is 5.69 Å². The van der Waals surface area contributed by atoms with Gasteiger partial charge in [-0.15, -0.1) is 11.3 Å². The van der Waals surface area contributed by atoms with Gasteiger partial charge in [-0.3, -0.25) is 4.79 Å². The van der Waals surface area contributed by atoms with Crippen molar-refractivity contribution < 1.29 is 4.79 Å². The largest absolute Gasteiger partial charge is 0.323 e. The summed E-state index contributed by atoms with van der Waals surface area (Å²) >= 11 is 4.93. The molecule has 0 radical (unpaired) electrons. The van der Waals surface area contributed by atoms with Gasteiger partial charge in [-0.1, -0.05) is 34.1 Å². The maximum atomic E-state index is 13.0. The number of halogens is 1. The quantitative estimate of drug-likeness (QED) is 0.397. The second-order valence-electron chi connectivity index (χ2n) is 5.88. The SMILES string of the molecule is O=C(Nc1ccc2[nH]c(=O)[nH]c2c1)C(=Cc1ccc(Br)cc1)c1cccs1. The Balaban J connectivity index is 1.67. The highest BCUT2D eigenvalue weighted by Crippen LogP contribution is 2.26. The Morgan fingerprint density at radius 2 is 1.81 bits per heavy atom. The monoisotopic (exact) mass is 439 g/mol. The highest BCUT2D eigenvalue weighted by molar-refractivity contribution is 9.10. The van der Waals surface area contributed by atoms with Crippen molar-refractivity contribution in [1.29, 1.82) is 0 Å². The Morgan fingerprint density at radius 1 is 1.04 bits per heavy atom. The maximum Gasteiger partial charge on any atom is 0.323 e. The average Bonchev–Trinajstić information content (AvgIpc) is 3.29. The lowest BCUT2D eigenvalue weighted by Crippen LogP contribution is -2.13. The number of rotatable bonds is 4. The van der Waals surface area contributed by atoms with E-state index in [1.807, 2.05) is 47.9 Å². The zero-order chi connectivity index (χ0) is 18.8. The first-order valence-electron chi connectivity index (χ1n) is 8.13. The first kappa shape index (κ1) is 17.5. The zero-order valence-corrected chi connectivity index (χ0v) is 16.4. The standard InChI is InChI=1S/C20H14BrN3O2S/c21-13-5-3-12(4-6-13)10-15(18-2-1-9-27-18)19(25)22-14-7-8-16-17(11-14)24-20(26)23-16/h1-11H,(H,22,25)(H2,23,24,26). The molecule has 4 aromatic rings. The van der Waals surface area contributed by atoms with E-state index in [0.717, 1.165) is 14.9 Å². The molecule has 0 saturated heterocycles. The number of benzene rings is 2. The molecule has 2 heterocycles. The summed E-state index contributed by atoms with van der Waals surface area (Å²) in [6.45, 7) is 0. The van der Waals surface area contributed by atoms with Crippen LogP contribution in [-0.2, 0) is 4.79 Å². The van der Waals surface area contributed by atoms with Crippen LogP contribution in [0.25, 0.3) is 22.7 Å². The van der Waals surface area contributed by atoms with Crippen LogP contribution in [0.15, 0.2) is 69.2 Å². The van der Waals surface area contributed by atoms with Crippen LogP contribution in [0.2, 0.25) is 0 Å². The highest BCUT2D eigenvalue weighted by Gasteiger charge is 2.14. The molecule has 0 bridgehead atoms.